The number of carbonyl (C=O) groups is 1. The summed E-state index contributed by atoms with van der Waals surface area (Å²) in [6.45, 7) is 5.40. The van der Waals surface area contributed by atoms with E-state index < -0.39 is 5.60 Å². The second-order valence-electron chi connectivity index (χ2n) is 4.95. The van der Waals surface area contributed by atoms with Gasteiger partial charge in [-0.25, -0.2) is 0 Å². The van der Waals surface area contributed by atoms with Crippen LogP contribution in [0.4, 0.5) is 5.69 Å². The first-order valence-electron chi connectivity index (χ1n) is 5.46. The van der Waals surface area contributed by atoms with Gasteiger partial charge in [0.15, 0.2) is 0 Å². The van der Waals surface area contributed by atoms with Gasteiger partial charge in [0.05, 0.1) is 11.5 Å². The number of anilines is 1. The summed E-state index contributed by atoms with van der Waals surface area (Å²) < 4.78 is 0. The second kappa shape index (κ2) is 3.32. The van der Waals surface area contributed by atoms with Crippen LogP contribution in [0.5, 0.6) is 0 Å². The van der Waals surface area contributed by atoms with Gasteiger partial charge in [0.1, 0.15) is 0 Å². The Labute approximate surface area is 95.7 Å². The van der Waals surface area contributed by atoms with Gasteiger partial charge in [-0.1, -0.05) is 12.1 Å². The maximum absolute atomic E-state index is 11.8. The van der Waals surface area contributed by atoms with Gasteiger partial charge < -0.3 is 10.0 Å². The molecule has 2 rings (SSSR count). The molecule has 0 fully saturated rings. The summed E-state index contributed by atoms with van der Waals surface area (Å²) >= 11 is 0. The number of hydrogen-bond acceptors (Lipinski definition) is 2. The summed E-state index contributed by atoms with van der Waals surface area (Å²) in [5.74, 6) is 0.00481. The third-order valence-electron chi connectivity index (χ3n) is 3.26. The average molecular weight is 219 g/mol. The number of carbonyl (C=O) groups excluding carboxylic acids is 1. The van der Waals surface area contributed by atoms with Gasteiger partial charge in [0.2, 0.25) is 5.91 Å². The Bertz CT molecular complexity index is 446. The molecule has 0 aliphatic carbocycles. The normalized spacial score (nSPS) is 20.2. The molecule has 1 amide bonds. The van der Waals surface area contributed by atoms with Crippen molar-refractivity contribution in [1.82, 2.24) is 0 Å². The quantitative estimate of drug-likeness (QED) is 0.784. The van der Waals surface area contributed by atoms with E-state index in [9.17, 15) is 9.90 Å². The summed E-state index contributed by atoms with van der Waals surface area (Å²) in [5.41, 5.74) is 1.94. The lowest BCUT2D eigenvalue weighted by Gasteiger charge is -2.19. The number of amides is 1. The van der Waals surface area contributed by atoms with E-state index in [2.05, 4.69) is 0 Å². The van der Waals surface area contributed by atoms with Crippen LogP contribution in [0.1, 0.15) is 37.8 Å². The van der Waals surface area contributed by atoms with Crippen molar-refractivity contribution in [2.45, 2.75) is 32.3 Å². The van der Waals surface area contributed by atoms with E-state index in [1.807, 2.05) is 25.1 Å². The molecule has 1 atom stereocenters. The molecule has 16 heavy (non-hydrogen) atoms. The van der Waals surface area contributed by atoms with E-state index >= 15 is 0 Å². The van der Waals surface area contributed by atoms with Crippen LogP contribution in [-0.4, -0.2) is 18.1 Å². The lowest BCUT2D eigenvalue weighted by atomic mass is 9.93. The third-order valence-corrected chi connectivity index (χ3v) is 3.26. The van der Waals surface area contributed by atoms with Gasteiger partial charge in [0, 0.05) is 12.7 Å². The SMILES string of the molecule is CC1C(=O)N(C)c2ccc(C(C)(C)O)cc21. The van der Waals surface area contributed by atoms with Crippen molar-refractivity contribution in [3.63, 3.8) is 0 Å². The molecule has 86 valence electrons. The van der Waals surface area contributed by atoms with E-state index in [4.69, 9.17) is 0 Å². The van der Waals surface area contributed by atoms with E-state index in [-0.39, 0.29) is 11.8 Å². The lowest BCUT2D eigenvalue weighted by Crippen LogP contribution is -2.22. The van der Waals surface area contributed by atoms with Crippen molar-refractivity contribution in [1.29, 1.82) is 0 Å². The fraction of sp³-hybridized carbons (Fsp3) is 0.462. The highest BCUT2D eigenvalue weighted by Crippen LogP contribution is 2.38. The topological polar surface area (TPSA) is 40.5 Å². The Balaban J connectivity index is 2.54. The molecule has 1 aliphatic rings. The van der Waals surface area contributed by atoms with Crippen LogP contribution in [-0.2, 0) is 10.4 Å². The number of hydrogen-bond donors (Lipinski definition) is 1. The van der Waals surface area contributed by atoms with Crippen molar-refractivity contribution >= 4 is 11.6 Å². The molecule has 1 aliphatic heterocycles. The van der Waals surface area contributed by atoms with Crippen molar-refractivity contribution in [2.75, 3.05) is 11.9 Å². The zero-order chi connectivity index (χ0) is 12.1. The predicted octanol–water partition coefficient (Wildman–Crippen LogP) is 1.99. The fourth-order valence-electron chi connectivity index (χ4n) is 2.13. The highest BCUT2D eigenvalue weighted by molar-refractivity contribution is 6.04. The Morgan fingerprint density at radius 1 is 1.38 bits per heavy atom. The molecular weight excluding hydrogens is 202 g/mol. The van der Waals surface area contributed by atoms with Crippen LogP contribution in [0, 0.1) is 0 Å². The van der Waals surface area contributed by atoms with Gasteiger partial charge in [-0.05, 0) is 38.0 Å². The zero-order valence-corrected chi connectivity index (χ0v) is 10.1. The van der Waals surface area contributed by atoms with Gasteiger partial charge in [-0.2, -0.15) is 0 Å². The molecule has 0 saturated heterocycles. The summed E-state index contributed by atoms with van der Waals surface area (Å²) in [6, 6.07) is 5.71. The molecule has 1 aromatic carbocycles. The van der Waals surface area contributed by atoms with E-state index in [1.165, 1.54) is 0 Å². The van der Waals surface area contributed by atoms with Crippen LogP contribution in [0.3, 0.4) is 0 Å². The minimum Gasteiger partial charge on any atom is -0.386 e. The summed E-state index contributed by atoms with van der Waals surface area (Å²) in [4.78, 5) is 13.5. The Kier molecular flexibility index (Phi) is 2.31. The van der Waals surface area contributed by atoms with Crippen LogP contribution in [0.25, 0.3) is 0 Å². The van der Waals surface area contributed by atoms with Crippen molar-refractivity contribution in [3.8, 4) is 0 Å². The zero-order valence-electron chi connectivity index (χ0n) is 10.1. The number of benzene rings is 1. The molecule has 0 aromatic heterocycles. The minimum absolute atomic E-state index is 0.109. The third kappa shape index (κ3) is 1.52. The standard InChI is InChI=1S/C13H17NO2/c1-8-10-7-9(13(2,3)16)5-6-11(10)14(4)12(8)15/h5-8,16H,1-4H3. The Hall–Kier alpha value is -1.35. The largest absolute Gasteiger partial charge is 0.386 e. The number of aliphatic hydroxyl groups is 1. The monoisotopic (exact) mass is 219 g/mol. The molecule has 1 heterocycles. The molecule has 3 heteroatoms. The van der Waals surface area contributed by atoms with Crippen LogP contribution in [0.15, 0.2) is 18.2 Å². The smallest absolute Gasteiger partial charge is 0.234 e. The van der Waals surface area contributed by atoms with Crippen LogP contribution < -0.4 is 4.90 Å². The predicted molar refractivity (Wildman–Crippen MR) is 63.5 cm³/mol. The van der Waals surface area contributed by atoms with Crippen LogP contribution in [0.2, 0.25) is 0 Å². The van der Waals surface area contributed by atoms with E-state index in [0.717, 1.165) is 16.8 Å². The molecular formula is C13H17NO2. The molecule has 1 unspecified atom stereocenters. The van der Waals surface area contributed by atoms with E-state index in [1.54, 1.807) is 25.8 Å². The van der Waals surface area contributed by atoms with Crippen molar-refractivity contribution in [2.24, 2.45) is 0 Å². The molecule has 0 radical (unpaired) electrons. The van der Waals surface area contributed by atoms with Crippen LogP contribution >= 0.6 is 0 Å². The highest BCUT2D eigenvalue weighted by Gasteiger charge is 2.32. The number of nitrogens with zero attached hydrogens (tertiary/aromatic N) is 1. The maximum atomic E-state index is 11.8. The molecule has 1 aromatic rings. The summed E-state index contributed by atoms with van der Waals surface area (Å²) in [7, 11) is 1.79. The fourth-order valence-corrected chi connectivity index (χ4v) is 2.13. The Morgan fingerprint density at radius 2 is 2.00 bits per heavy atom. The second-order valence-corrected chi connectivity index (χ2v) is 4.95. The average Bonchev–Trinajstić information content (AvgIpc) is 2.43. The molecule has 0 bridgehead atoms. The first-order valence-corrected chi connectivity index (χ1v) is 5.46. The number of likely N-dealkylation sites (N-methyl/N-ethyl adjacent to an activating group) is 1. The van der Waals surface area contributed by atoms with Crippen molar-refractivity contribution < 1.29 is 9.90 Å². The maximum Gasteiger partial charge on any atom is 0.234 e. The van der Waals surface area contributed by atoms with Gasteiger partial charge in [-0.3, -0.25) is 4.79 Å². The number of fused-ring (bicyclic) bond motifs is 1. The highest BCUT2D eigenvalue weighted by atomic mass is 16.3. The first kappa shape index (κ1) is 11.1. The van der Waals surface area contributed by atoms with Gasteiger partial charge >= 0.3 is 0 Å². The van der Waals surface area contributed by atoms with Crippen molar-refractivity contribution in [3.05, 3.63) is 29.3 Å². The van der Waals surface area contributed by atoms with Gasteiger partial charge in [0.25, 0.3) is 0 Å². The molecule has 0 saturated carbocycles. The Morgan fingerprint density at radius 3 is 2.56 bits per heavy atom. The molecule has 3 nitrogen and oxygen atoms in total. The van der Waals surface area contributed by atoms with E-state index in [0.29, 0.717) is 0 Å². The summed E-state index contributed by atoms with van der Waals surface area (Å²) in [5, 5.41) is 9.94. The number of rotatable bonds is 1. The molecule has 0 spiro atoms. The molecule has 1 N–H and O–H groups in total. The first-order chi connectivity index (χ1) is 7.32. The lowest BCUT2D eigenvalue weighted by molar-refractivity contribution is -0.118. The summed E-state index contributed by atoms with van der Waals surface area (Å²) in [6.07, 6.45) is 0. The minimum atomic E-state index is -0.862. The van der Waals surface area contributed by atoms with Gasteiger partial charge in [-0.15, -0.1) is 0 Å².